The number of aryl methyl sites for hydroxylation is 2. The lowest BCUT2D eigenvalue weighted by Gasteiger charge is -2.12. The van der Waals surface area contributed by atoms with Gasteiger partial charge in [0.15, 0.2) is 0 Å². The topological polar surface area (TPSA) is 42.0 Å². The summed E-state index contributed by atoms with van der Waals surface area (Å²) in [6.07, 6.45) is 0. The van der Waals surface area contributed by atoms with E-state index < -0.39 is 5.38 Å². The van der Waals surface area contributed by atoms with E-state index in [0.29, 0.717) is 5.69 Å². The number of nitrogens with one attached hydrogen (secondary N) is 1. The average Bonchev–Trinajstić information content (AvgIpc) is 2.42. The Kier molecular flexibility index (Phi) is 4.17. The van der Waals surface area contributed by atoms with Gasteiger partial charge in [0.05, 0.1) is 11.4 Å². The van der Waals surface area contributed by atoms with Crippen LogP contribution in [-0.2, 0) is 4.79 Å². The zero-order valence-corrected chi connectivity index (χ0v) is 11.6. The molecular formula is C15H15ClN2O. The molecule has 0 fully saturated rings. The van der Waals surface area contributed by atoms with Crippen LogP contribution in [0.2, 0.25) is 0 Å². The number of halogens is 1. The molecule has 0 spiro atoms. The van der Waals surface area contributed by atoms with Crippen LogP contribution in [0, 0.1) is 13.8 Å². The Labute approximate surface area is 117 Å². The fourth-order valence-electron chi connectivity index (χ4n) is 1.79. The highest BCUT2D eigenvalue weighted by atomic mass is 35.5. The van der Waals surface area contributed by atoms with Crippen molar-refractivity contribution in [1.29, 1.82) is 0 Å². The summed E-state index contributed by atoms with van der Waals surface area (Å²) in [5.41, 5.74) is 3.17. The third-order valence-electron chi connectivity index (χ3n) is 2.81. The molecule has 1 atom stereocenters. The lowest BCUT2D eigenvalue weighted by Crippen LogP contribution is -2.18. The highest BCUT2D eigenvalue weighted by Crippen LogP contribution is 2.23. The van der Waals surface area contributed by atoms with Crippen molar-refractivity contribution in [3.63, 3.8) is 0 Å². The van der Waals surface area contributed by atoms with Crippen molar-refractivity contribution < 1.29 is 4.79 Å². The van der Waals surface area contributed by atoms with Gasteiger partial charge in [-0.25, -0.2) is 0 Å². The van der Waals surface area contributed by atoms with Crippen molar-refractivity contribution in [2.24, 2.45) is 0 Å². The Bertz CT molecular complexity index is 584. The van der Waals surface area contributed by atoms with Gasteiger partial charge in [-0.15, -0.1) is 11.6 Å². The van der Waals surface area contributed by atoms with Gasteiger partial charge in [0.1, 0.15) is 5.38 Å². The first kappa shape index (κ1) is 13.6. The molecule has 0 aliphatic rings. The highest BCUT2D eigenvalue weighted by molar-refractivity contribution is 6.32. The Morgan fingerprint density at radius 3 is 2.47 bits per heavy atom. The zero-order valence-electron chi connectivity index (χ0n) is 10.9. The van der Waals surface area contributed by atoms with E-state index in [0.717, 1.165) is 17.0 Å². The predicted octanol–water partition coefficient (Wildman–Crippen LogP) is 3.62. The van der Waals surface area contributed by atoms with E-state index in [9.17, 15) is 4.79 Å². The second-order valence-electron chi connectivity index (χ2n) is 4.35. The van der Waals surface area contributed by atoms with E-state index in [-0.39, 0.29) is 5.91 Å². The molecule has 0 aliphatic heterocycles. The third-order valence-corrected chi connectivity index (χ3v) is 3.26. The minimum Gasteiger partial charge on any atom is -0.323 e. The average molecular weight is 275 g/mol. The third kappa shape index (κ3) is 3.32. The number of benzene rings is 1. The monoisotopic (exact) mass is 274 g/mol. The fourth-order valence-corrected chi connectivity index (χ4v) is 1.99. The van der Waals surface area contributed by atoms with Gasteiger partial charge < -0.3 is 5.32 Å². The molecule has 1 N–H and O–H groups in total. The number of nitrogens with zero attached hydrogens (tertiary/aromatic N) is 1. The van der Waals surface area contributed by atoms with Crippen LogP contribution in [0.25, 0.3) is 0 Å². The minimum atomic E-state index is -0.707. The minimum absolute atomic E-state index is 0.249. The maximum atomic E-state index is 12.1. The number of aromatic nitrogens is 1. The Balaban J connectivity index is 2.13. The Hall–Kier alpha value is -1.87. The second kappa shape index (κ2) is 5.85. The number of carbonyl (C=O) groups is 1. The lowest BCUT2D eigenvalue weighted by atomic mass is 10.1. The molecule has 4 heteroatoms. The molecule has 0 bridgehead atoms. The number of hydrogen-bond acceptors (Lipinski definition) is 2. The molecule has 2 aromatic rings. The van der Waals surface area contributed by atoms with Gasteiger partial charge in [-0.1, -0.05) is 30.3 Å². The van der Waals surface area contributed by atoms with E-state index >= 15 is 0 Å². The van der Waals surface area contributed by atoms with Gasteiger partial charge in [-0.3, -0.25) is 9.78 Å². The first-order chi connectivity index (χ1) is 9.08. The molecule has 19 heavy (non-hydrogen) atoms. The largest absolute Gasteiger partial charge is 0.323 e. The molecule has 98 valence electrons. The first-order valence-corrected chi connectivity index (χ1v) is 6.45. The SMILES string of the molecule is Cc1ccc(NC(=O)C(Cl)c2ccccc2)c(C)n1. The van der Waals surface area contributed by atoms with E-state index in [1.54, 1.807) is 0 Å². The summed E-state index contributed by atoms with van der Waals surface area (Å²) in [7, 11) is 0. The van der Waals surface area contributed by atoms with Crippen molar-refractivity contribution in [1.82, 2.24) is 4.98 Å². The van der Waals surface area contributed by atoms with Gasteiger partial charge >= 0.3 is 0 Å². The van der Waals surface area contributed by atoms with Gasteiger partial charge in [-0.05, 0) is 31.5 Å². The molecule has 0 aliphatic carbocycles. The molecule has 1 unspecified atom stereocenters. The summed E-state index contributed by atoms with van der Waals surface area (Å²) in [5.74, 6) is -0.249. The molecule has 1 aromatic heterocycles. The number of rotatable bonds is 3. The second-order valence-corrected chi connectivity index (χ2v) is 4.78. The van der Waals surface area contributed by atoms with Gasteiger partial charge in [-0.2, -0.15) is 0 Å². The number of hydrogen-bond donors (Lipinski definition) is 1. The smallest absolute Gasteiger partial charge is 0.247 e. The van der Waals surface area contributed by atoms with Crippen molar-refractivity contribution in [3.8, 4) is 0 Å². The van der Waals surface area contributed by atoms with Crippen LogP contribution in [0.5, 0.6) is 0 Å². The molecule has 1 heterocycles. The Morgan fingerprint density at radius 2 is 1.84 bits per heavy atom. The normalized spacial score (nSPS) is 11.9. The number of alkyl halides is 1. The number of pyridine rings is 1. The number of carbonyl (C=O) groups excluding carboxylic acids is 1. The van der Waals surface area contributed by atoms with Crippen LogP contribution >= 0.6 is 11.6 Å². The highest BCUT2D eigenvalue weighted by Gasteiger charge is 2.18. The van der Waals surface area contributed by atoms with Gasteiger partial charge in [0.2, 0.25) is 5.91 Å². The quantitative estimate of drug-likeness (QED) is 0.869. The van der Waals surface area contributed by atoms with E-state index in [4.69, 9.17) is 11.6 Å². The summed E-state index contributed by atoms with van der Waals surface area (Å²) in [6.45, 7) is 3.77. The summed E-state index contributed by atoms with van der Waals surface area (Å²) < 4.78 is 0. The van der Waals surface area contributed by atoms with Crippen LogP contribution < -0.4 is 5.32 Å². The van der Waals surface area contributed by atoms with Crippen LogP contribution in [0.1, 0.15) is 22.3 Å². The van der Waals surface area contributed by atoms with Gasteiger partial charge in [0.25, 0.3) is 0 Å². The molecule has 0 radical (unpaired) electrons. The van der Waals surface area contributed by atoms with Crippen molar-refractivity contribution in [3.05, 3.63) is 59.4 Å². The molecule has 1 amide bonds. The maximum absolute atomic E-state index is 12.1. The van der Waals surface area contributed by atoms with Crippen molar-refractivity contribution in [2.75, 3.05) is 5.32 Å². The standard InChI is InChI=1S/C15H15ClN2O/c1-10-8-9-13(11(2)17-10)18-15(19)14(16)12-6-4-3-5-7-12/h3-9,14H,1-2H3,(H,18,19). The first-order valence-electron chi connectivity index (χ1n) is 6.02. The molecule has 0 saturated carbocycles. The van der Waals surface area contributed by atoms with Crippen molar-refractivity contribution >= 4 is 23.2 Å². The van der Waals surface area contributed by atoms with Crippen LogP contribution in [0.3, 0.4) is 0 Å². The van der Waals surface area contributed by atoms with Crippen LogP contribution in [0.15, 0.2) is 42.5 Å². The number of amides is 1. The predicted molar refractivity (Wildman–Crippen MR) is 77.4 cm³/mol. The summed E-state index contributed by atoms with van der Waals surface area (Å²) in [6, 6.07) is 13.0. The molecule has 3 nitrogen and oxygen atoms in total. The summed E-state index contributed by atoms with van der Waals surface area (Å²) in [4.78, 5) is 16.4. The molecule has 1 aromatic carbocycles. The van der Waals surface area contributed by atoms with E-state index in [1.807, 2.05) is 56.3 Å². The Morgan fingerprint density at radius 1 is 1.16 bits per heavy atom. The van der Waals surface area contributed by atoms with Gasteiger partial charge in [0, 0.05) is 5.69 Å². The van der Waals surface area contributed by atoms with Crippen LogP contribution in [0.4, 0.5) is 5.69 Å². The van der Waals surface area contributed by atoms with Crippen LogP contribution in [-0.4, -0.2) is 10.9 Å². The summed E-state index contributed by atoms with van der Waals surface area (Å²) >= 11 is 6.16. The molecule has 0 saturated heterocycles. The van der Waals surface area contributed by atoms with E-state index in [2.05, 4.69) is 10.3 Å². The zero-order chi connectivity index (χ0) is 13.8. The van der Waals surface area contributed by atoms with Crippen molar-refractivity contribution in [2.45, 2.75) is 19.2 Å². The molecule has 2 rings (SSSR count). The summed E-state index contributed by atoms with van der Waals surface area (Å²) in [5, 5.41) is 2.10. The fraction of sp³-hybridized carbons (Fsp3) is 0.200. The molecular weight excluding hydrogens is 260 g/mol. The van der Waals surface area contributed by atoms with E-state index in [1.165, 1.54) is 0 Å². The number of anilines is 1. The maximum Gasteiger partial charge on any atom is 0.247 e. The lowest BCUT2D eigenvalue weighted by molar-refractivity contribution is -0.116.